The van der Waals surface area contributed by atoms with E-state index in [-0.39, 0.29) is 5.76 Å². The lowest BCUT2D eigenvalue weighted by molar-refractivity contribution is 0.0734. The predicted molar refractivity (Wildman–Crippen MR) is 112 cm³/mol. The molecule has 3 aromatic rings. The molecule has 0 bridgehead atoms. The summed E-state index contributed by atoms with van der Waals surface area (Å²) >= 11 is 6.50. The molecule has 0 aliphatic carbocycles. The lowest BCUT2D eigenvalue weighted by atomic mass is 10.1. The van der Waals surface area contributed by atoms with Crippen LogP contribution in [0.1, 0.15) is 32.0 Å². The third-order valence-electron chi connectivity index (χ3n) is 3.63. The molecule has 6 nitrogen and oxygen atoms in total. The Bertz CT molecular complexity index is 1040. The van der Waals surface area contributed by atoms with Crippen LogP contribution in [0.15, 0.2) is 73.3 Å². The average molecular weight is 506 g/mol. The summed E-state index contributed by atoms with van der Waals surface area (Å²) in [6.45, 7) is 1.94. The van der Waals surface area contributed by atoms with Gasteiger partial charge in [-0.15, -0.1) is 0 Å². The molecule has 1 heterocycles. The second-order valence-electron chi connectivity index (χ2n) is 5.74. The van der Waals surface area contributed by atoms with Crippen LogP contribution in [0.2, 0.25) is 0 Å². The maximum absolute atomic E-state index is 12.4. The minimum atomic E-state index is -0.504. The highest BCUT2D eigenvalue weighted by atomic mass is 79.9. The van der Waals surface area contributed by atoms with E-state index in [9.17, 15) is 9.59 Å². The van der Waals surface area contributed by atoms with E-state index in [4.69, 9.17) is 9.15 Å². The molecule has 0 aliphatic heterocycles. The summed E-state index contributed by atoms with van der Waals surface area (Å²) in [5.41, 5.74) is 4.36. The summed E-state index contributed by atoms with van der Waals surface area (Å²) < 4.78 is 11.9. The number of hydrogen-bond donors (Lipinski definition) is 1. The Hall–Kier alpha value is -2.71. The first-order valence-electron chi connectivity index (χ1n) is 8.09. The van der Waals surface area contributed by atoms with E-state index in [0.29, 0.717) is 21.5 Å². The number of nitrogens with zero attached hydrogens (tertiary/aromatic N) is 1. The highest BCUT2D eigenvalue weighted by Gasteiger charge is 2.12. The number of hydrogen-bond acceptors (Lipinski definition) is 5. The fraction of sp³-hybridized carbons (Fsp3) is 0.0500. The molecule has 0 radical (unpaired) electrons. The SMILES string of the molecule is Cc1ccc(C(=O)Oc2ccc(Br)cc2C=NNC(=O)c2ccc(Br)o2)cc1. The Morgan fingerprint density at radius 3 is 2.50 bits per heavy atom. The molecule has 1 N–H and O–H groups in total. The monoisotopic (exact) mass is 504 g/mol. The number of esters is 1. The van der Waals surface area contributed by atoms with Crippen molar-refractivity contribution in [2.75, 3.05) is 0 Å². The zero-order valence-electron chi connectivity index (χ0n) is 14.6. The largest absolute Gasteiger partial charge is 0.444 e. The zero-order chi connectivity index (χ0) is 20.1. The van der Waals surface area contributed by atoms with Gasteiger partial charge < -0.3 is 9.15 Å². The first-order valence-corrected chi connectivity index (χ1v) is 9.68. The molecule has 0 aliphatic rings. The number of nitrogens with one attached hydrogen (secondary N) is 1. The maximum atomic E-state index is 12.4. The van der Waals surface area contributed by atoms with Crippen LogP contribution in [0, 0.1) is 6.92 Å². The van der Waals surface area contributed by atoms with Crippen LogP contribution < -0.4 is 10.2 Å². The topological polar surface area (TPSA) is 80.9 Å². The van der Waals surface area contributed by atoms with E-state index in [1.165, 1.54) is 12.3 Å². The van der Waals surface area contributed by atoms with Gasteiger partial charge in [0.25, 0.3) is 0 Å². The van der Waals surface area contributed by atoms with Crippen molar-refractivity contribution in [3.63, 3.8) is 0 Å². The van der Waals surface area contributed by atoms with Crippen LogP contribution >= 0.6 is 31.9 Å². The van der Waals surface area contributed by atoms with Crippen molar-refractivity contribution in [2.45, 2.75) is 6.92 Å². The highest BCUT2D eigenvalue weighted by Crippen LogP contribution is 2.23. The third-order valence-corrected chi connectivity index (χ3v) is 4.55. The van der Waals surface area contributed by atoms with Gasteiger partial charge >= 0.3 is 11.9 Å². The molecule has 8 heteroatoms. The van der Waals surface area contributed by atoms with Gasteiger partial charge in [-0.05, 0) is 65.3 Å². The summed E-state index contributed by atoms with van der Waals surface area (Å²) in [6.07, 6.45) is 1.39. The second kappa shape index (κ2) is 8.99. The normalized spacial score (nSPS) is 10.8. The molecule has 142 valence electrons. The number of hydrazone groups is 1. The Morgan fingerprint density at radius 2 is 1.82 bits per heavy atom. The molecule has 3 rings (SSSR count). The second-order valence-corrected chi connectivity index (χ2v) is 7.44. The molecule has 28 heavy (non-hydrogen) atoms. The number of ether oxygens (including phenoxy) is 1. The molecular formula is C20H14Br2N2O4. The highest BCUT2D eigenvalue weighted by molar-refractivity contribution is 9.10. The van der Waals surface area contributed by atoms with Crippen LogP contribution in [-0.2, 0) is 0 Å². The summed E-state index contributed by atoms with van der Waals surface area (Å²) in [5, 5.41) is 3.91. The summed E-state index contributed by atoms with van der Waals surface area (Å²) in [6, 6.07) is 15.3. The van der Waals surface area contributed by atoms with Crippen molar-refractivity contribution < 1.29 is 18.7 Å². The Balaban J connectivity index is 1.74. The summed E-state index contributed by atoms with van der Waals surface area (Å²) in [5.74, 6) is -0.562. The van der Waals surface area contributed by atoms with Crippen molar-refractivity contribution in [3.05, 3.63) is 86.2 Å². The predicted octanol–water partition coefficient (Wildman–Crippen LogP) is 5.10. The molecular weight excluding hydrogens is 492 g/mol. The van der Waals surface area contributed by atoms with Gasteiger partial charge in [0.1, 0.15) is 5.75 Å². The van der Waals surface area contributed by atoms with Crippen molar-refractivity contribution in [3.8, 4) is 5.75 Å². The minimum Gasteiger partial charge on any atom is -0.444 e. The van der Waals surface area contributed by atoms with Crippen molar-refractivity contribution in [2.24, 2.45) is 5.10 Å². The molecule has 0 saturated carbocycles. The lowest BCUT2D eigenvalue weighted by Gasteiger charge is -2.08. The summed E-state index contributed by atoms with van der Waals surface area (Å²) in [7, 11) is 0. The van der Waals surface area contributed by atoms with E-state index in [0.717, 1.165) is 10.0 Å². The van der Waals surface area contributed by atoms with E-state index in [2.05, 4.69) is 42.4 Å². The van der Waals surface area contributed by atoms with Gasteiger partial charge in [0.2, 0.25) is 0 Å². The van der Waals surface area contributed by atoms with Gasteiger partial charge in [-0.25, -0.2) is 10.2 Å². The number of furan rings is 1. The average Bonchev–Trinajstić information content (AvgIpc) is 3.10. The van der Waals surface area contributed by atoms with Crippen molar-refractivity contribution >= 4 is 50.0 Å². The van der Waals surface area contributed by atoms with E-state index < -0.39 is 11.9 Å². The van der Waals surface area contributed by atoms with Gasteiger partial charge in [0, 0.05) is 10.0 Å². The molecule has 0 atom stereocenters. The van der Waals surface area contributed by atoms with Crippen molar-refractivity contribution in [1.29, 1.82) is 0 Å². The van der Waals surface area contributed by atoms with Gasteiger partial charge in [0.05, 0.1) is 11.8 Å². The Morgan fingerprint density at radius 1 is 1.07 bits per heavy atom. The van der Waals surface area contributed by atoms with E-state index >= 15 is 0 Å². The van der Waals surface area contributed by atoms with Gasteiger partial charge in [-0.2, -0.15) is 5.10 Å². The molecule has 1 amide bonds. The number of amides is 1. The van der Waals surface area contributed by atoms with Gasteiger partial charge in [-0.1, -0.05) is 33.6 Å². The van der Waals surface area contributed by atoms with E-state index in [1.807, 2.05) is 19.1 Å². The Labute approximate surface area is 177 Å². The van der Waals surface area contributed by atoms with Crippen LogP contribution in [0.25, 0.3) is 0 Å². The zero-order valence-corrected chi connectivity index (χ0v) is 17.8. The maximum Gasteiger partial charge on any atom is 0.343 e. The molecule has 2 aromatic carbocycles. The fourth-order valence-electron chi connectivity index (χ4n) is 2.21. The number of aryl methyl sites for hydroxylation is 1. The van der Waals surface area contributed by atoms with Gasteiger partial charge in [-0.3, -0.25) is 4.79 Å². The molecule has 0 saturated heterocycles. The Kier molecular flexibility index (Phi) is 6.43. The van der Waals surface area contributed by atoms with Crippen LogP contribution in [0.3, 0.4) is 0 Å². The number of carbonyl (C=O) groups excluding carboxylic acids is 2. The quantitative estimate of drug-likeness (QED) is 0.226. The first-order chi connectivity index (χ1) is 13.4. The summed E-state index contributed by atoms with van der Waals surface area (Å²) in [4.78, 5) is 24.3. The van der Waals surface area contributed by atoms with Crippen LogP contribution in [0.5, 0.6) is 5.75 Å². The van der Waals surface area contributed by atoms with Crippen LogP contribution in [-0.4, -0.2) is 18.1 Å². The minimum absolute atomic E-state index is 0.115. The third kappa shape index (κ3) is 5.17. The number of rotatable bonds is 5. The number of carbonyl (C=O) groups is 2. The number of benzene rings is 2. The fourth-order valence-corrected chi connectivity index (χ4v) is 2.90. The van der Waals surface area contributed by atoms with Crippen molar-refractivity contribution in [1.82, 2.24) is 5.43 Å². The standard InChI is InChI=1S/C20H14Br2N2O4/c1-12-2-4-13(5-3-12)20(26)28-16-7-6-15(21)10-14(16)11-23-24-19(25)17-8-9-18(22)27-17/h2-11H,1H3,(H,24,25). The molecule has 1 aromatic heterocycles. The van der Waals surface area contributed by atoms with Gasteiger partial charge in [0.15, 0.2) is 10.4 Å². The van der Waals surface area contributed by atoms with E-state index in [1.54, 1.807) is 36.4 Å². The molecule has 0 unspecified atom stereocenters. The molecule has 0 spiro atoms. The smallest absolute Gasteiger partial charge is 0.343 e. The first kappa shape index (κ1) is 20.0. The number of halogens is 2. The van der Waals surface area contributed by atoms with Crippen LogP contribution in [0.4, 0.5) is 0 Å². The lowest BCUT2D eigenvalue weighted by Crippen LogP contribution is -2.17. The molecule has 0 fully saturated rings.